The molecule has 1 heterocycles. The minimum absolute atomic E-state index is 0.0326. The SMILES string of the molecule is C/C=C\C(=NC(=CCCC)c1cccc(OCC(=O)NC2CCNC2)c1)Nc1ccc(N)c(C=N)c1. The fourth-order valence-corrected chi connectivity index (χ4v) is 3.77. The lowest BCUT2D eigenvalue weighted by Crippen LogP contribution is -2.39. The number of ether oxygens (including phenoxy) is 1. The minimum Gasteiger partial charge on any atom is -0.484 e. The molecule has 8 nitrogen and oxygen atoms in total. The molecule has 0 aromatic heterocycles. The van der Waals surface area contributed by atoms with Crippen LogP contribution in [0.5, 0.6) is 5.75 Å². The maximum absolute atomic E-state index is 12.3. The first kappa shape index (κ1) is 26.7. The van der Waals surface area contributed by atoms with Crippen molar-refractivity contribution in [2.75, 3.05) is 30.7 Å². The van der Waals surface area contributed by atoms with Gasteiger partial charge in [-0.05, 0) is 62.7 Å². The highest BCUT2D eigenvalue weighted by atomic mass is 16.5. The van der Waals surface area contributed by atoms with Crippen LogP contribution >= 0.6 is 0 Å². The number of unbranched alkanes of at least 4 members (excludes halogenated alkanes) is 1. The van der Waals surface area contributed by atoms with E-state index in [0.29, 0.717) is 22.8 Å². The van der Waals surface area contributed by atoms with E-state index in [1.54, 1.807) is 6.07 Å². The third-order valence-electron chi connectivity index (χ3n) is 5.63. The van der Waals surface area contributed by atoms with E-state index >= 15 is 0 Å². The Kier molecular flexibility index (Phi) is 10.3. The fourth-order valence-electron chi connectivity index (χ4n) is 3.77. The summed E-state index contributed by atoms with van der Waals surface area (Å²) < 4.78 is 5.79. The monoisotopic (exact) mass is 488 g/mol. The van der Waals surface area contributed by atoms with Gasteiger partial charge in [0.25, 0.3) is 5.91 Å². The van der Waals surface area contributed by atoms with E-state index < -0.39 is 0 Å². The molecule has 1 aliphatic heterocycles. The molecular weight excluding hydrogens is 452 g/mol. The van der Waals surface area contributed by atoms with Crippen LogP contribution in [0.1, 0.15) is 44.2 Å². The molecule has 1 amide bonds. The predicted octanol–water partition coefficient (Wildman–Crippen LogP) is 4.35. The van der Waals surface area contributed by atoms with Crippen molar-refractivity contribution >= 4 is 35.0 Å². The van der Waals surface area contributed by atoms with Crippen LogP contribution in [0.2, 0.25) is 0 Å². The van der Waals surface area contributed by atoms with Gasteiger partial charge in [-0.25, -0.2) is 4.99 Å². The van der Waals surface area contributed by atoms with E-state index in [0.717, 1.165) is 49.3 Å². The molecule has 0 aliphatic carbocycles. The van der Waals surface area contributed by atoms with Crippen LogP contribution < -0.4 is 26.4 Å². The van der Waals surface area contributed by atoms with Gasteiger partial charge < -0.3 is 31.8 Å². The molecule has 2 aromatic rings. The van der Waals surface area contributed by atoms with Crippen LogP contribution in [0.3, 0.4) is 0 Å². The molecule has 0 saturated carbocycles. The van der Waals surface area contributed by atoms with Crippen LogP contribution in [-0.4, -0.2) is 43.7 Å². The van der Waals surface area contributed by atoms with Gasteiger partial charge in [0.2, 0.25) is 0 Å². The van der Waals surface area contributed by atoms with Crippen molar-refractivity contribution in [2.24, 2.45) is 4.99 Å². The van der Waals surface area contributed by atoms with Crippen molar-refractivity contribution in [3.05, 3.63) is 71.8 Å². The van der Waals surface area contributed by atoms with Crippen molar-refractivity contribution in [1.82, 2.24) is 10.6 Å². The number of carbonyl (C=O) groups excluding carboxylic acids is 1. The molecule has 0 radical (unpaired) electrons. The van der Waals surface area contributed by atoms with Gasteiger partial charge in [-0.1, -0.05) is 37.6 Å². The molecule has 1 fully saturated rings. The highest BCUT2D eigenvalue weighted by Gasteiger charge is 2.16. The van der Waals surface area contributed by atoms with E-state index in [1.165, 1.54) is 6.21 Å². The fraction of sp³-hybridized carbons (Fsp3) is 0.321. The molecule has 8 heteroatoms. The van der Waals surface area contributed by atoms with Gasteiger partial charge in [0.05, 0.1) is 5.70 Å². The number of anilines is 2. The van der Waals surface area contributed by atoms with Gasteiger partial charge in [0, 0.05) is 41.3 Å². The summed E-state index contributed by atoms with van der Waals surface area (Å²) in [7, 11) is 0. The molecular formula is C28H36N6O2. The average Bonchev–Trinajstić information content (AvgIpc) is 3.39. The topological polar surface area (TPSA) is 125 Å². The maximum Gasteiger partial charge on any atom is 0.258 e. The van der Waals surface area contributed by atoms with Gasteiger partial charge in [-0.3, -0.25) is 4.79 Å². The minimum atomic E-state index is -0.124. The van der Waals surface area contributed by atoms with Crippen molar-refractivity contribution in [1.29, 1.82) is 5.41 Å². The highest BCUT2D eigenvalue weighted by molar-refractivity contribution is 6.06. The summed E-state index contributed by atoms with van der Waals surface area (Å²) in [5, 5.41) is 17.1. The second-order valence-corrected chi connectivity index (χ2v) is 8.56. The molecule has 0 spiro atoms. The van der Waals surface area contributed by atoms with Gasteiger partial charge in [0.15, 0.2) is 6.61 Å². The number of aliphatic imine (C=N–C) groups is 1. The van der Waals surface area contributed by atoms with Crippen molar-refractivity contribution in [2.45, 2.75) is 39.2 Å². The molecule has 36 heavy (non-hydrogen) atoms. The van der Waals surface area contributed by atoms with E-state index in [-0.39, 0.29) is 18.6 Å². The Balaban J connectivity index is 1.78. The lowest BCUT2D eigenvalue weighted by atomic mass is 10.1. The van der Waals surface area contributed by atoms with Gasteiger partial charge in [-0.2, -0.15) is 0 Å². The zero-order valence-corrected chi connectivity index (χ0v) is 21.0. The van der Waals surface area contributed by atoms with Crippen molar-refractivity contribution in [3.63, 3.8) is 0 Å². The Morgan fingerprint density at radius 3 is 2.89 bits per heavy atom. The summed E-state index contributed by atoms with van der Waals surface area (Å²) in [6.45, 7) is 5.74. The Morgan fingerprint density at radius 1 is 1.31 bits per heavy atom. The van der Waals surface area contributed by atoms with Crippen LogP contribution in [0.4, 0.5) is 11.4 Å². The number of nitrogens with two attached hydrogens (primary N) is 1. The summed E-state index contributed by atoms with van der Waals surface area (Å²) in [6, 6.07) is 13.2. The number of amides is 1. The van der Waals surface area contributed by atoms with Crippen LogP contribution in [0.25, 0.3) is 5.70 Å². The number of benzene rings is 2. The Labute approximate surface area is 213 Å². The number of rotatable bonds is 11. The summed E-state index contributed by atoms with van der Waals surface area (Å²) in [5.41, 5.74) is 9.59. The van der Waals surface area contributed by atoms with Gasteiger partial charge >= 0.3 is 0 Å². The summed E-state index contributed by atoms with van der Waals surface area (Å²) in [5.74, 6) is 1.14. The first-order chi connectivity index (χ1) is 17.5. The van der Waals surface area contributed by atoms with E-state index in [2.05, 4.69) is 29.0 Å². The van der Waals surface area contributed by atoms with E-state index in [4.69, 9.17) is 20.9 Å². The Morgan fingerprint density at radius 2 is 2.17 bits per heavy atom. The molecule has 1 unspecified atom stereocenters. The van der Waals surface area contributed by atoms with E-state index in [1.807, 2.05) is 55.5 Å². The number of hydrogen-bond acceptors (Lipinski definition) is 6. The van der Waals surface area contributed by atoms with Crippen molar-refractivity contribution < 1.29 is 9.53 Å². The Bertz CT molecular complexity index is 1130. The number of allylic oxidation sites excluding steroid dienone is 2. The van der Waals surface area contributed by atoms with Gasteiger partial charge in [0.1, 0.15) is 11.6 Å². The van der Waals surface area contributed by atoms with Crippen LogP contribution in [0, 0.1) is 5.41 Å². The normalized spacial score (nSPS) is 16.2. The number of nitrogen functional groups attached to an aromatic ring is 1. The number of nitrogens with one attached hydrogen (secondary N) is 4. The standard InChI is InChI=1S/C28H36N6O2/c1-3-5-10-26(34-27(7-4-2)32-22-11-12-25(30)21(15-22)17-29)20-8-6-9-24(16-20)36-19-28(35)33-23-13-14-31-18-23/h4,6-12,15-17,23,29,31H,3,5,13-14,18-19,30H2,1-2H3,(H,32,34)(H,33,35)/b7-4-,26-10?,29-17?. The zero-order valence-electron chi connectivity index (χ0n) is 21.0. The molecule has 190 valence electrons. The predicted molar refractivity (Wildman–Crippen MR) is 149 cm³/mol. The number of amidine groups is 1. The van der Waals surface area contributed by atoms with E-state index in [9.17, 15) is 4.79 Å². The van der Waals surface area contributed by atoms with Crippen LogP contribution in [0.15, 0.2) is 65.7 Å². The van der Waals surface area contributed by atoms with Gasteiger partial charge in [-0.15, -0.1) is 0 Å². The lowest BCUT2D eigenvalue weighted by Gasteiger charge is -2.13. The largest absolute Gasteiger partial charge is 0.484 e. The molecule has 1 atom stereocenters. The first-order valence-electron chi connectivity index (χ1n) is 12.3. The number of hydrogen-bond donors (Lipinski definition) is 5. The second kappa shape index (κ2) is 13.8. The molecule has 1 saturated heterocycles. The first-order valence-corrected chi connectivity index (χ1v) is 12.3. The Hall–Kier alpha value is -3.91. The number of nitrogens with zero attached hydrogens (tertiary/aromatic N) is 1. The maximum atomic E-state index is 12.3. The smallest absolute Gasteiger partial charge is 0.258 e. The van der Waals surface area contributed by atoms with Crippen LogP contribution in [-0.2, 0) is 4.79 Å². The average molecular weight is 489 g/mol. The number of carbonyl (C=O) groups is 1. The molecule has 0 bridgehead atoms. The van der Waals surface area contributed by atoms with Crippen molar-refractivity contribution in [3.8, 4) is 5.75 Å². The molecule has 1 aliphatic rings. The highest BCUT2D eigenvalue weighted by Crippen LogP contribution is 2.24. The third-order valence-corrected chi connectivity index (χ3v) is 5.63. The summed E-state index contributed by atoms with van der Waals surface area (Å²) >= 11 is 0. The summed E-state index contributed by atoms with van der Waals surface area (Å²) in [4.78, 5) is 17.2. The summed E-state index contributed by atoms with van der Waals surface area (Å²) in [6.07, 6.45) is 9.92. The molecule has 2 aromatic carbocycles. The molecule has 3 rings (SSSR count). The third kappa shape index (κ3) is 8.09. The lowest BCUT2D eigenvalue weighted by molar-refractivity contribution is -0.123. The zero-order chi connectivity index (χ0) is 25.8. The quantitative estimate of drug-likeness (QED) is 0.183. The molecule has 6 N–H and O–H groups in total. The second-order valence-electron chi connectivity index (χ2n) is 8.56.